The third-order valence-corrected chi connectivity index (χ3v) is 20.3. The summed E-state index contributed by atoms with van der Waals surface area (Å²) in [4.78, 5) is 30.5. The second-order valence-electron chi connectivity index (χ2n) is 26.3. The first-order valence-electron chi connectivity index (χ1n) is 40.2. The molecule has 0 spiro atoms. The monoisotopic (exact) mass is 1940 g/mol. The highest BCUT2D eigenvalue weighted by Crippen LogP contribution is 2.40. The van der Waals surface area contributed by atoms with Gasteiger partial charge in [0, 0.05) is 174 Å². The van der Waals surface area contributed by atoms with Crippen molar-refractivity contribution in [1.82, 2.24) is 9.56 Å². The largest absolute Gasteiger partial charge is 0.457 e. The number of hydrogen-bond donors (Lipinski definition) is 6. The number of nitrogens with one attached hydrogen (secondary N) is 5. The number of ether oxygens (including phenoxy) is 2. The number of amides is 1. The minimum Gasteiger partial charge on any atom is -0.457 e. The molecule has 0 aliphatic rings. The van der Waals surface area contributed by atoms with Gasteiger partial charge < -0.3 is 56.0 Å². The van der Waals surface area contributed by atoms with Gasteiger partial charge in [-0.15, -0.1) is 5.11 Å². The molecule has 0 atom stereocenters. The number of nitrogens with zero attached hydrogens (tertiary/aromatic N) is 7. The number of azo groups is 1. The van der Waals surface area contributed by atoms with E-state index in [1.54, 1.807) is 12.1 Å². The smallest absolute Gasteiger partial charge is 0.269 e. The lowest BCUT2D eigenvalue weighted by Gasteiger charge is -2.21. The maximum Gasteiger partial charge on any atom is 0.269 e. The number of benzene rings is 13. The van der Waals surface area contributed by atoms with E-state index in [4.69, 9.17) is 24.6 Å². The van der Waals surface area contributed by atoms with Crippen molar-refractivity contribution < 1.29 is 23.6 Å². The maximum absolute atomic E-state index is 10.9. The number of anilines is 8. The summed E-state index contributed by atoms with van der Waals surface area (Å²) in [7, 11) is 0. The number of carbonyl (C=O) groups excluding carboxylic acids is 1. The molecule has 0 fully saturated rings. The lowest BCUT2D eigenvalue weighted by atomic mass is 10.1. The fourth-order valence-corrected chi connectivity index (χ4v) is 14.3. The number of aromatic nitrogens is 1. The lowest BCUT2D eigenvalue weighted by Crippen LogP contribution is -2.29. The summed E-state index contributed by atoms with van der Waals surface area (Å²) in [6.07, 6.45) is 0. The topological polar surface area (TPSA) is 225 Å². The third kappa shape index (κ3) is 28.9. The summed E-state index contributed by atoms with van der Waals surface area (Å²) in [5, 5.41) is 43.4. The number of nitro groups is 1. The molecular weight excluding hydrogens is 1820 g/mol. The van der Waals surface area contributed by atoms with Gasteiger partial charge in [-0.2, -0.15) is 5.11 Å². The maximum atomic E-state index is 10.9. The standard InChI is InChI=1S/C28H29N5O3.C22H23N3O.C22H26N2O.C8H8INO.C8H10IN.C6H6IN.C2H6.CH4/c1-4-29-22-12-17-26(31-30-21-10-13-23(14-11-21)33(34)35)28(19-22)36-27-9-7-8-20-18-24(15-16-25(20)27)32(5-2)6-3;1-4-23-16-8-12-19-21(14-16)26-22-18-10-9-17(25(5-2)6-3)13-15(18)7-11-20(22)24-19;1-4-23-18-10-8-11-20(16-18)25-22-12-7-9-17-15-19(13-14-21(17)22)24(5-2)6-3;1-6(11)10-8-4-2-3-7(9)5-8;1-2-10-8-5-3-4-7(9)6-8;7-5-2-1-3-6(8)4-5;1-2;/h7-19,29H,4-6H2,1-3H3;7-14H,4-6H2,1-3H3;7-16,23H,4-6H2,1-3H3;2-5H,1H3,(H,10,11);3-6,10H,2H2,1H3;1-4H,8H2;1-2H3;1H4/p+1. The summed E-state index contributed by atoms with van der Waals surface area (Å²) >= 11 is 6.73. The first kappa shape index (κ1) is 95.0. The third-order valence-electron chi connectivity index (χ3n) is 18.3. The van der Waals surface area contributed by atoms with Crippen LogP contribution in [-0.4, -0.2) is 81.3 Å². The molecule has 7 N–H and O–H groups in total. The Morgan fingerprint density at radius 3 is 1.47 bits per heavy atom. The Labute approximate surface area is 742 Å². The molecule has 13 aromatic carbocycles. The van der Waals surface area contributed by atoms with Gasteiger partial charge in [0.05, 0.1) is 10.6 Å². The van der Waals surface area contributed by atoms with E-state index in [9.17, 15) is 14.9 Å². The van der Waals surface area contributed by atoms with Crippen LogP contribution in [0.4, 0.5) is 62.6 Å². The predicted octanol–water partition coefficient (Wildman–Crippen LogP) is 27.0. The second kappa shape index (κ2) is 50.0. The minimum absolute atomic E-state index is 0. The van der Waals surface area contributed by atoms with Crippen LogP contribution >= 0.6 is 67.8 Å². The van der Waals surface area contributed by atoms with Gasteiger partial charge in [0.15, 0.2) is 16.9 Å². The first-order chi connectivity index (χ1) is 57.3. The average Bonchev–Trinajstić information content (AvgIpc) is 0.672. The summed E-state index contributed by atoms with van der Waals surface area (Å²) < 4.78 is 24.8. The van der Waals surface area contributed by atoms with Gasteiger partial charge >= 0.3 is 0 Å². The van der Waals surface area contributed by atoms with Gasteiger partial charge in [0.2, 0.25) is 11.3 Å². The van der Waals surface area contributed by atoms with Crippen molar-refractivity contribution in [1.29, 1.82) is 0 Å². The van der Waals surface area contributed by atoms with Crippen molar-refractivity contribution in [2.75, 3.05) is 108 Å². The van der Waals surface area contributed by atoms with E-state index in [0.717, 1.165) is 158 Å². The predicted molar refractivity (Wildman–Crippen MR) is 532 cm³/mol. The van der Waals surface area contributed by atoms with E-state index in [1.165, 1.54) is 59.4 Å². The molecule has 1 heterocycles. The van der Waals surface area contributed by atoms with Crippen molar-refractivity contribution in [3.8, 4) is 23.0 Å². The Morgan fingerprint density at radius 1 is 0.471 bits per heavy atom. The average molecular weight is 1940 g/mol. The summed E-state index contributed by atoms with van der Waals surface area (Å²) in [6.45, 7) is 36.3. The number of nitrogen functional groups attached to an aromatic ring is 1. The van der Waals surface area contributed by atoms with Gasteiger partial charge in [-0.25, -0.2) is 9.56 Å². The molecule has 1 aromatic heterocycles. The molecule has 119 heavy (non-hydrogen) atoms. The van der Waals surface area contributed by atoms with Gasteiger partial charge in [-0.05, 0) is 317 Å². The fourth-order valence-electron chi connectivity index (χ4n) is 12.7. The summed E-state index contributed by atoms with van der Waals surface area (Å²) in [5.74, 6) is 2.97. The lowest BCUT2D eigenvalue weighted by molar-refractivity contribution is -0.384. The molecule has 622 valence electrons. The second-order valence-corrected chi connectivity index (χ2v) is 30.1. The molecule has 0 aliphatic carbocycles. The number of carbonyl (C=O) groups is 1. The Hall–Kier alpha value is -11.1. The molecule has 22 heteroatoms. The fraction of sp³-hybridized carbons (Fsp3) is 0.247. The molecule has 0 bridgehead atoms. The Morgan fingerprint density at radius 2 is 0.950 bits per heavy atom. The first-order valence-corrected chi connectivity index (χ1v) is 43.5. The molecule has 14 aromatic rings. The highest BCUT2D eigenvalue weighted by atomic mass is 127. The number of nitro benzene ring substituents is 1. The van der Waals surface area contributed by atoms with E-state index in [1.807, 2.05) is 148 Å². The summed E-state index contributed by atoms with van der Waals surface area (Å²) in [5.41, 5.74) is 18.3. The van der Waals surface area contributed by atoms with Crippen LogP contribution in [0.1, 0.15) is 97.4 Å². The van der Waals surface area contributed by atoms with Gasteiger partial charge in [0.25, 0.3) is 5.69 Å². The zero-order valence-electron chi connectivity index (χ0n) is 69.7. The zero-order chi connectivity index (χ0) is 84.9. The molecule has 19 nitrogen and oxygen atoms in total. The Bertz CT molecular complexity index is 5660. The van der Waals surface area contributed by atoms with Crippen molar-refractivity contribution in [3.63, 3.8) is 0 Å². The van der Waals surface area contributed by atoms with Crippen LogP contribution in [0.2, 0.25) is 0 Å². The van der Waals surface area contributed by atoms with Crippen LogP contribution in [0.5, 0.6) is 23.0 Å². The number of rotatable bonds is 24. The van der Waals surface area contributed by atoms with Crippen molar-refractivity contribution in [3.05, 3.63) is 287 Å². The SMILES string of the molecule is C.CC.CC(=O)Nc1cccc(I)c1.CCNc1ccc(N=Nc2ccc([N+](=O)[O-])cc2)c(Oc2cccc3cc(N(CC)CC)ccc23)c1.CCNc1ccc2nc3ccc4cc(=[N+](CC)CC)ccc4c3oc2c1.CCNc1cccc(I)c1.CCNc1cccc(Oc2cccc3cc(N(CC)CC)ccc23)c1.Nc1cccc(I)c1. The van der Waals surface area contributed by atoms with Crippen molar-refractivity contribution >= 4 is 191 Å². The molecule has 0 saturated carbocycles. The molecule has 1 amide bonds. The van der Waals surface area contributed by atoms with Crippen LogP contribution in [0.15, 0.2) is 275 Å². The molecule has 14 rings (SSSR count). The number of halogens is 3. The highest BCUT2D eigenvalue weighted by molar-refractivity contribution is 14.1. The van der Waals surface area contributed by atoms with Crippen molar-refractivity contribution in [2.24, 2.45) is 10.2 Å². The van der Waals surface area contributed by atoms with Crippen molar-refractivity contribution in [2.45, 2.75) is 97.4 Å². The van der Waals surface area contributed by atoms with Crippen LogP contribution in [0.25, 0.3) is 54.5 Å². The van der Waals surface area contributed by atoms with E-state index >= 15 is 0 Å². The van der Waals surface area contributed by atoms with Gasteiger partial charge in [-0.3, -0.25) is 14.9 Å². The van der Waals surface area contributed by atoms with Crippen LogP contribution in [0, 0.1) is 20.8 Å². The minimum atomic E-state index is -0.443. The van der Waals surface area contributed by atoms with E-state index in [0.29, 0.717) is 17.1 Å². The quantitative estimate of drug-likeness (QED) is 0.00484. The Kier molecular flexibility index (Phi) is 39.9. The van der Waals surface area contributed by atoms with Crippen LogP contribution < -0.4 is 61.5 Å². The number of non-ortho nitro benzene ring substituents is 1. The number of hydrogen-bond acceptors (Lipinski definition) is 16. The molecular formula is C97H113I3N13O6+. The van der Waals surface area contributed by atoms with E-state index in [-0.39, 0.29) is 19.0 Å². The van der Waals surface area contributed by atoms with Gasteiger partial charge in [0.1, 0.15) is 47.1 Å². The highest BCUT2D eigenvalue weighted by Gasteiger charge is 2.15. The summed E-state index contributed by atoms with van der Waals surface area (Å²) in [6, 6.07) is 85.4. The number of fused-ring (bicyclic) bond motifs is 6. The molecule has 0 unspecified atom stereocenters. The normalized spacial score (nSPS) is 10.4. The molecule has 0 aliphatic heterocycles. The number of nitrogens with two attached hydrogens (primary N) is 1. The van der Waals surface area contributed by atoms with E-state index in [2.05, 4.69) is 290 Å². The van der Waals surface area contributed by atoms with Crippen LogP contribution in [0.3, 0.4) is 0 Å². The Balaban J connectivity index is 0.000000210. The van der Waals surface area contributed by atoms with Gasteiger partial charge in [-0.1, -0.05) is 75.9 Å². The van der Waals surface area contributed by atoms with E-state index < -0.39 is 4.92 Å². The zero-order valence-corrected chi connectivity index (χ0v) is 76.2. The molecule has 0 radical (unpaired) electrons. The molecule has 0 saturated heterocycles. The van der Waals surface area contributed by atoms with Crippen LogP contribution in [-0.2, 0) is 4.79 Å².